The molecule has 0 aromatic heterocycles. The fraction of sp³-hybridized carbons (Fsp3) is 0.345. The molecule has 184 valence electrons. The summed E-state index contributed by atoms with van der Waals surface area (Å²) in [5.41, 5.74) is 3.41. The first-order valence-electron chi connectivity index (χ1n) is 12.4. The smallest absolute Gasteiger partial charge is 0.238 e. The van der Waals surface area contributed by atoms with Crippen LogP contribution in [0.1, 0.15) is 12.0 Å². The number of hydrogen-bond acceptors (Lipinski definition) is 5. The van der Waals surface area contributed by atoms with Gasteiger partial charge >= 0.3 is 0 Å². The molecule has 0 bridgehead atoms. The van der Waals surface area contributed by atoms with Crippen molar-refractivity contribution in [1.82, 2.24) is 9.80 Å². The number of rotatable bonds is 11. The highest BCUT2D eigenvalue weighted by Crippen LogP contribution is 2.20. The van der Waals surface area contributed by atoms with Gasteiger partial charge in [-0.1, -0.05) is 48.5 Å². The van der Waals surface area contributed by atoms with E-state index >= 15 is 0 Å². The average molecular weight is 473 g/mol. The first-order valence-corrected chi connectivity index (χ1v) is 12.4. The zero-order valence-electron chi connectivity index (χ0n) is 20.6. The van der Waals surface area contributed by atoms with Gasteiger partial charge in [0.25, 0.3) is 0 Å². The van der Waals surface area contributed by atoms with E-state index in [-0.39, 0.29) is 5.91 Å². The van der Waals surface area contributed by atoms with Gasteiger partial charge in [0.15, 0.2) is 0 Å². The van der Waals surface area contributed by atoms with Crippen LogP contribution in [0.15, 0.2) is 84.9 Å². The summed E-state index contributed by atoms with van der Waals surface area (Å²) in [5, 5.41) is 3.01. The second kappa shape index (κ2) is 12.9. The number of nitrogens with one attached hydrogen (secondary N) is 1. The van der Waals surface area contributed by atoms with Gasteiger partial charge in [-0.2, -0.15) is 0 Å². The third-order valence-corrected chi connectivity index (χ3v) is 6.25. The molecule has 1 saturated heterocycles. The van der Waals surface area contributed by atoms with Crippen LogP contribution in [0.3, 0.4) is 0 Å². The van der Waals surface area contributed by atoms with E-state index in [0.29, 0.717) is 13.2 Å². The molecule has 4 rings (SSSR count). The molecule has 1 N–H and O–H groups in total. The van der Waals surface area contributed by atoms with Gasteiger partial charge in [0.1, 0.15) is 5.75 Å². The van der Waals surface area contributed by atoms with Crippen LogP contribution in [0.2, 0.25) is 0 Å². The van der Waals surface area contributed by atoms with Gasteiger partial charge in [0.2, 0.25) is 5.91 Å². The number of likely N-dealkylation sites (N-methyl/N-ethyl adjacent to an activating group) is 1. The fourth-order valence-electron chi connectivity index (χ4n) is 4.33. The Bertz CT molecular complexity index is 1020. The fourth-order valence-corrected chi connectivity index (χ4v) is 4.33. The number of hydrogen-bond donors (Lipinski definition) is 1. The summed E-state index contributed by atoms with van der Waals surface area (Å²) in [6.07, 6.45) is 0.867. The number of ether oxygens (including phenoxy) is 1. The Morgan fingerprint density at radius 2 is 1.54 bits per heavy atom. The highest BCUT2D eigenvalue weighted by atomic mass is 16.5. The van der Waals surface area contributed by atoms with Crippen LogP contribution in [-0.2, 0) is 11.3 Å². The lowest BCUT2D eigenvalue weighted by Crippen LogP contribution is -2.45. The molecular weight excluding hydrogens is 436 g/mol. The number of para-hydroxylation sites is 1. The van der Waals surface area contributed by atoms with Gasteiger partial charge in [-0.3, -0.25) is 14.6 Å². The predicted molar refractivity (Wildman–Crippen MR) is 143 cm³/mol. The van der Waals surface area contributed by atoms with Crippen molar-refractivity contribution in [3.05, 3.63) is 90.5 Å². The topological polar surface area (TPSA) is 48.1 Å². The van der Waals surface area contributed by atoms with Gasteiger partial charge in [-0.15, -0.1) is 0 Å². The maximum absolute atomic E-state index is 12.4. The molecule has 35 heavy (non-hydrogen) atoms. The molecule has 1 amide bonds. The largest absolute Gasteiger partial charge is 0.494 e. The Balaban J connectivity index is 1.14. The molecule has 3 aromatic carbocycles. The van der Waals surface area contributed by atoms with Crippen LogP contribution in [0, 0.1) is 0 Å². The second-order valence-electron chi connectivity index (χ2n) is 9.10. The van der Waals surface area contributed by atoms with E-state index in [9.17, 15) is 4.79 Å². The number of piperazine rings is 1. The number of carbonyl (C=O) groups is 1. The molecule has 6 nitrogen and oxygen atoms in total. The lowest BCUT2D eigenvalue weighted by Gasteiger charge is -2.36. The van der Waals surface area contributed by atoms with Gasteiger partial charge in [0.05, 0.1) is 13.2 Å². The highest BCUT2D eigenvalue weighted by Gasteiger charge is 2.17. The van der Waals surface area contributed by atoms with E-state index in [2.05, 4.69) is 57.6 Å². The Hall–Kier alpha value is -3.35. The van der Waals surface area contributed by atoms with E-state index in [1.807, 2.05) is 54.4 Å². The summed E-state index contributed by atoms with van der Waals surface area (Å²) in [4.78, 5) is 19.4. The van der Waals surface area contributed by atoms with Crippen molar-refractivity contribution in [2.45, 2.75) is 13.0 Å². The number of nitrogens with zero attached hydrogens (tertiary/aromatic N) is 3. The molecule has 1 aliphatic heterocycles. The quantitative estimate of drug-likeness (QED) is 0.421. The van der Waals surface area contributed by atoms with Gasteiger partial charge < -0.3 is 15.0 Å². The highest BCUT2D eigenvalue weighted by molar-refractivity contribution is 5.92. The molecule has 0 radical (unpaired) electrons. The summed E-state index contributed by atoms with van der Waals surface area (Å²) >= 11 is 0. The van der Waals surface area contributed by atoms with Crippen LogP contribution in [0.25, 0.3) is 0 Å². The van der Waals surface area contributed by atoms with Crippen molar-refractivity contribution in [3.8, 4) is 5.75 Å². The lowest BCUT2D eigenvalue weighted by atomic mass is 10.2. The first-order chi connectivity index (χ1) is 17.2. The molecule has 1 fully saturated rings. The lowest BCUT2D eigenvalue weighted by molar-refractivity contribution is -0.117. The van der Waals surface area contributed by atoms with Gasteiger partial charge in [-0.25, -0.2) is 0 Å². The van der Waals surface area contributed by atoms with Crippen LogP contribution < -0.4 is 15.0 Å². The maximum Gasteiger partial charge on any atom is 0.238 e. The van der Waals surface area contributed by atoms with Crippen molar-refractivity contribution >= 4 is 17.3 Å². The number of amides is 1. The predicted octanol–water partition coefficient (Wildman–Crippen LogP) is 4.35. The van der Waals surface area contributed by atoms with Crippen LogP contribution in [-0.4, -0.2) is 68.6 Å². The zero-order valence-corrected chi connectivity index (χ0v) is 20.6. The Morgan fingerprint density at radius 1 is 0.886 bits per heavy atom. The minimum Gasteiger partial charge on any atom is -0.494 e. The van der Waals surface area contributed by atoms with Crippen molar-refractivity contribution in [3.63, 3.8) is 0 Å². The van der Waals surface area contributed by atoms with Crippen molar-refractivity contribution in [2.24, 2.45) is 0 Å². The molecule has 3 aromatic rings. The van der Waals surface area contributed by atoms with E-state index in [1.165, 1.54) is 11.3 Å². The van der Waals surface area contributed by atoms with Gasteiger partial charge in [0, 0.05) is 50.6 Å². The van der Waals surface area contributed by atoms with E-state index in [4.69, 9.17) is 4.74 Å². The third-order valence-electron chi connectivity index (χ3n) is 6.25. The average Bonchev–Trinajstić information content (AvgIpc) is 2.89. The third kappa shape index (κ3) is 8.12. The SMILES string of the molecule is CN(CCCOc1ccccc1)CC(=O)Nc1ccc(N2CCN(Cc3ccccc3)CC2)cc1. The minimum absolute atomic E-state index is 0.00115. The second-order valence-corrected chi connectivity index (χ2v) is 9.10. The van der Waals surface area contributed by atoms with Crippen LogP contribution in [0.5, 0.6) is 5.75 Å². The number of anilines is 2. The molecule has 0 spiro atoms. The van der Waals surface area contributed by atoms with Crippen LogP contribution >= 0.6 is 0 Å². The number of carbonyl (C=O) groups excluding carboxylic acids is 1. The van der Waals surface area contributed by atoms with Crippen LogP contribution in [0.4, 0.5) is 11.4 Å². The summed E-state index contributed by atoms with van der Waals surface area (Å²) in [6, 6.07) is 28.7. The van der Waals surface area contributed by atoms with E-state index in [0.717, 1.165) is 57.1 Å². The molecule has 0 atom stereocenters. The molecule has 0 unspecified atom stereocenters. The monoisotopic (exact) mass is 472 g/mol. The molecule has 6 heteroatoms. The Kier molecular flexibility index (Phi) is 9.15. The van der Waals surface area contributed by atoms with Crippen molar-refractivity contribution in [2.75, 3.05) is 63.1 Å². The minimum atomic E-state index is -0.00115. The standard InChI is InChI=1S/C29H36N4O2/c1-31(17-8-22-35-28-11-6-3-7-12-28)24-29(34)30-26-13-15-27(16-14-26)33-20-18-32(19-21-33)23-25-9-4-2-5-10-25/h2-7,9-16H,8,17-24H2,1H3,(H,30,34). The first kappa shape index (κ1) is 24.8. The molecular formula is C29H36N4O2. The molecule has 0 aliphatic carbocycles. The van der Waals surface area contributed by atoms with E-state index in [1.54, 1.807) is 0 Å². The number of benzene rings is 3. The zero-order chi connectivity index (χ0) is 24.3. The van der Waals surface area contributed by atoms with Crippen molar-refractivity contribution < 1.29 is 9.53 Å². The maximum atomic E-state index is 12.4. The summed E-state index contributed by atoms with van der Waals surface area (Å²) < 4.78 is 5.72. The van der Waals surface area contributed by atoms with Crippen molar-refractivity contribution in [1.29, 1.82) is 0 Å². The summed E-state index contributed by atoms with van der Waals surface area (Å²) in [7, 11) is 1.96. The Labute approximate surface area is 209 Å². The normalized spacial score (nSPS) is 14.2. The van der Waals surface area contributed by atoms with Gasteiger partial charge in [-0.05, 0) is 55.4 Å². The Morgan fingerprint density at radius 3 is 2.23 bits per heavy atom. The summed E-state index contributed by atoms with van der Waals surface area (Å²) in [6.45, 7) is 6.93. The molecule has 0 saturated carbocycles. The summed E-state index contributed by atoms with van der Waals surface area (Å²) in [5.74, 6) is 0.879. The molecule has 1 aliphatic rings. The van der Waals surface area contributed by atoms with E-state index < -0.39 is 0 Å². The molecule has 1 heterocycles.